The average Bonchev–Trinajstić information content (AvgIpc) is 2.69. The summed E-state index contributed by atoms with van der Waals surface area (Å²) in [7, 11) is 0. The van der Waals surface area contributed by atoms with E-state index in [-0.39, 0.29) is 11.9 Å². The number of hydrazine groups is 1. The quantitative estimate of drug-likeness (QED) is 0.625. The van der Waals surface area contributed by atoms with Crippen molar-refractivity contribution in [1.82, 2.24) is 5.43 Å². The van der Waals surface area contributed by atoms with Crippen LogP contribution in [-0.2, 0) is 0 Å². The highest BCUT2D eigenvalue weighted by molar-refractivity contribution is 5.30. The predicted molar refractivity (Wildman–Crippen MR) is 67.7 cm³/mol. The monoisotopic (exact) mass is 236 g/mol. The number of rotatable bonds is 3. The van der Waals surface area contributed by atoms with E-state index < -0.39 is 0 Å². The zero-order chi connectivity index (χ0) is 12.4. The fraction of sp³-hybridized carbons (Fsp3) is 0.571. The van der Waals surface area contributed by atoms with Crippen LogP contribution in [0.1, 0.15) is 43.4 Å². The van der Waals surface area contributed by atoms with E-state index in [2.05, 4.69) is 12.3 Å². The van der Waals surface area contributed by atoms with Crippen LogP contribution < -0.4 is 11.3 Å². The second kappa shape index (κ2) is 5.15. The number of halogens is 1. The molecule has 1 fully saturated rings. The molecular weight excluding hydrogens is 215 g/mol. The van der Waals surface area contributed by atoms with Crippen molar-refractivity contribution in [3.63, 3.8) is 0 Å². The summed E-state index contributed by atoms with van der Waals surface area (Å²) in [5.74, 6) is 6.77. The Kier molecular flexibility index (Phi) is 3.79. The van der Waals surface area contributed by atoms with Gasteiger partial charge in [0.05, 0.1) is 0 Å². The summed E-state index contributed by atoms with van der Waals surface area (Å²) in [6, 6.07) is 5.11. The van der Waals surface area contributed by atoms with Crippen LogP contribution in [-0.4, -0.2) is 0 Å². The zero-order valence-corrected chi connectivity index (χ0v) is 10.5. The molecule has 17 heavy (non-hydrogen) atoms. The van der Waals surface area contributed by atoms with Gasteiger partial charge in [0.15, 0.2) is 0 Å². The first-order valence-corrected chi connectivity index (χ1v) is 6.35. The Morgan fingerprint density at radius 1 is 1.41 bits per heavy atom. The first kappa shape index (κ1) is 12.5. The molecule has 0 spiro atoms. The standard InChI is InChI=1S/C14H21FN2/c1-9-4-3-5-12(9)14(17-16)13-7-6-11(15)8-10(13)2/h6-9,12,14,17H,3-5,16H2,1-2H3. The Bertz CT molecular complexity index is 392. The molecule has 3 atom stereocenters. The van der Waals surface area contributed by atoms with Crippen LogP contribution in [0.4, 0.5) is 4.39 Å². The van der Waals surface area contributed by atoms with Gasteiger partial charge in [-0.05, 0) is 48.4 Å². The summed E-state index contributed by atoms with van der Waals surface area (Å²) < 4.78 is 13.1. The van der Waals surface area contributed by atoms with Crippen LogP contribution in [0.5, 0.6) is 0 Å². The van der Waals surface area contributed by atoms with E-state index in [1.807, 2.05) is 13.0 Å². The van der Waals surface area contributed by atoms with E-state index in [4.69, 9.17) is 5.84 Å². The Labute approximate surface area is 102 Å². The van der Waals surface area contributed by atoms with Gasteiger partial charge in [-0.15, -0.1) is 0 Å². The zero-order valence-electron chi connectivity index (χ0n) is 10.5. The fourth-order valence-electron chi connectivity index (χ4n) is 3.10. The second-order valence-corrected chi connectivity index (χ2v) is 5.22. The van der Waals surface area contributed by atoms with Gasteiger partial charge < -0.3 is 0 Å². The van der Waals surface area contributed by atoms with E-state index in [1.165, 1.54) is 25.3 Å². The van der Waals surface area contributed by atoms with E-state index in [0.29, 0.717) is 11.8 Å². The molecule has 2 nitrogen and oxygen atoms in total. The van der Waals surface area contributed by atoms with Crippen molar-refractivity contribution in [2.24, 2.45) is 17.7 Å². The highest BCUT2D eigenvalue weighted by Crippen LogP contribution is 2.40. The van der Waals surface area contributed by atoms with Crippen LogP contribution in [0.3, 0.4) is 0 Å². The lowest BCUT2D eigenvalue weighted by atomic mass is 9.84. The normalized spacial score (nSPS) is 26.1. The van der Waals surface area contributed by atoms with Crippen molar-refractivity contribution < 1.29 is 4.39 Å². The minimum absolute atomic E-state index is 0.146. The second-order valence-electron chi connectivity index (χ2n) is 5.22. The van der Waals surface area contributed by atoms with Crippen molar-refractivity contribution in [2.45, 2.75) is 39.2 Å². The smallest absolute Gasteiger partial charge is 0.123 e. The number of hydrogen-bond donors (Lipinski definition) is 2. The van der Waals surface area contributed by atoms with Gasteiger partial charge in [-0.1, -0.05) is 25.8 Å². The topological polar surface area (TPSA) is 38.0 Å². The molecule has 1 aliphatic carbocycles. The molecule has 3 unspecified atom stereocenters. The van der Waals surface area contributed by atoms with E-state index in [1.54, 1.807) is 6.07 Å². The molecule has 0 bridgehead atoms. The van der Waals surface area contributed by atoms with E-state index in [9.17, 15) is 4.39 Å². The van der Waals surface area contributed by atoms with E-state index >= 15 is 0 Å². The molecule has 3 heteroatoms. The first-order valence-electron chi connectivity index (χ1n) is 6.35. The summed E-state index contributed by atoms with van der Waals surface area (Å²) in [5.41, 5.74) is 5.04. The molecule has 0 heterocycles. The van der Waals surface area contributed by atoms with Gasteiger partial charge in [-0.2, -0.15) is 0 Å². The van der Waals surface area contributed by atoms with Crippen molar-refractivity contribution in [1.29, 1.82) is 0 Å². The molecule has 94 valence electrons. The summed E-state index contributed by atoms with van der Waals surface area (Å²) in [4.78, 5) is 0. The Morgan fingerprint density at radius 3 is 2.71 bits per heavy atom. The average molecular weight is 236 g/mol. The minimum Gasteiger partial charge on any atom is -0.271 e. The SMILES string of the molecule is Cc1cc(F)ccc1C(NN)C1CCCC1C. The number of hydrogen-bond acceptors (Lipinski definition) is 2. The number of nitrogens with two attached hydrogens (primary N) is 1. The van der Waals surface area contributed by atoms with Crippen LogP contribution >= 0.6 is 0 Å². The molecule has 3 N–H and O–H groups in total. The molecule has 2 rings (SSSR count). The van der Waals surface area contributed by atoms with Gasteiger partial charge in [0.1, 0.15) is 5.82 Å². The molecule has 0 aliphatic heterocycles. The summed E-state index contributed by atoms with van der Waals surface area (Å²) in [6.45, 7) is 4.23. The third-order valence-electron chi connectivity index (χ3n) is 4.10. The van der Waals surface area contributed by atoms with Crippen LogP contribution in [0.25, 0.3) is 0 Å². The van der Waals surface area contributed by atoms with Crippen molar-refractivity contribution in [2.75, 3.05) is 0 Å². The van der Waals surface area contributed by atoms with Crippen molar-refractivity contribution >= 4 is 0 Å². The number of aryl methyl sites for hydroxylation is 1. The van der Waals surface area contributed by atoms with E-state index in [0.717, 1.165) is 11.1 Å². The summed E-state index contributed by atoms with van der Waals surface area (Å²) in [6.07, 6.45) is 3.74. The first-order chi connectivity index (χ1) is 8.13. The summed E-state index contributed by atoms with van der Waals surface area (Å²) >= 11 is 0. The molecule has 1 aromatic rings. The maximum atomic E-state index is 13.1. The van der Waals surface area contributed by atoms with Gasteiger partial charge in [-0.3, -0.25) is 11.3 Å². The third-order valence-corrected chi connectivity index (χ3v) is 4.10. The number of benzene rings is 1. The fourth-order valence-corrected chi connectivity index (χ4v) is 3.10. The van der Waals surface area contributed by atoms with Crippen molar-refractivity contribution in [3.8, 4) is 0 Å². The largest absolute Gasteiger partial charge is 0.271 e. The molecule has 0 aromatic heterocycles. The lowest BCUT2D eigenvalue weighted by Crippen LogP contribution is -2.35. The molecule has 1 saturated carbocycles. The molecule has 1 aromatic carbocycles. The van der Waals surface area contributed by atoms with Crippen molar-refractivity contribution in [3.05, 3.63) is 35.1 Å². The molecule has 0 radical (unpaired) electrons. The van der Waals surface area contributed by atoms with Gasteiger partial charge in [-0.25, -0.2) is 4.39 Å². The summed E-state index contributed by atoms with van der Waals surface area (Å²) in [5, 5.41) is 0. The van der Waals surface area contributed by atoms with Crippen LogP contribution in [0, 0.1) is 24.6 Å². The minimum atomic E-state index is -0.179. The molecule has 1 aliphatic rings. The van der Waals surface area contributed by atoms with Crippen LogP contribution in [0.15, 0.2) is 18.2 Å². The Hall–Kier alpha value is -0.930. The van der Waals surface area contributed by atoms with Gasteiger partial charge in [0.25, 0.3) is 0 Å². The highest BCUT2D eigenvalue weighted by atomic mass is 19.1. The Morgan fingerprint density at radius 2 is 2.18 bits per heavy atom. The third kappa shape index (κ3) is 2.50. The highest BCUT2D eigenvalue weighted by Gasteiger charge is 2.31. The van der Waals surface area contributed by atoms with Crippen LogP contribution in [0.2, 0.25) is 0 Å². The molecule has 0 amide bonds. The van der Waals surface area contributed by atoms with Gasteiger partial charge in [0, 0.05) is 6.04 Å². The predicted octanol–water partition coefficient (Wildman–Crippen LogP) is 3.07. The van der Waals surface area contributed by atoms with Gasteiger partial charge in [0.2, 0.25) is 0 Å². The lowest BCUT2D eigenvalue weighted by Gasteiger charge is -2.28. The molecule has 0 saturated heterocycles. The van der Waals surface area contributed by atoms with Gasteiger partial charge >= 0.3 is 0 Å². The molecular formula is C14H21FN2. The number of nitrogens with one attached hydrogen (secondary N) is 1. The lowest BCUT2D eigenvalue weighted by molar-refractivity contribution is 0.303. The maximum Gasteiger partial charge on any atom is 0.123 e. The Balaban J connectivity index is 2.28. The maximum absolute atomic E-state index is 13.1.